The first-order valence-electron chi connectivity index (χ1n) is 9.67. The second-order valence-electron chi connectivity index (χ2n) is 8.05. The minimum absolute atomic E-state index is 0.000657. The molecule has 1 fully saturated rings. The van der Waals surface area contributed by atoms with Crippen molar-refractivity contribution < 1.29 is 38.3 Å². The Morgan fingerprint density at radius 3 is 2.58 bits per heavy atom. The second-order valence-corrected chi connectivity index (χ2v) is 8.05. The standard InChI is InChI=1S/C20H26FN3O7/c1-20(2,3)31-19(27)23-10-8-29-18(30-9-10)17(26)16(25)14-11(21)7-22-12-5-6-13(28-4)24-15(12)14/h5-7,10,16-18,25-26H,8-9H2,1-4H3,(H,23,27)/t10?,16-,17+,18?/m1/s1. The van der Waals surface area contributed by atoms with E-state index in [1.165, 1.54) is 7.11 Å². The second kappa shape index (κ2) is 9.27. The van der Waals surface area contributed by atoms with Crippen LogP contribution in [0.25, 0.3) is 11.0 Å². The molecule has 10 nitrogen and oxygen atoms in total. The number of methoxy groups -OCH3 is 1. The summed E-state index contributed by atoms with van der Waals surface area (Å²) in [5.74, 6) is -0.649. The summed E-state index contributed by atoms with van der Waals surface area (Å²) in [5.41, 5.74) is -0.545. The van der Waals surface area contributed by atoms with Crippen LogP contribution >= 0.6 is 0 Å². The van der Waals surface area contributed by atoms with E-state index in [1.807, 2.05) is 0 Å². The number of fused-ring (bicyclic) bond motifs is 1. The number of halogens is 1. The van der Waals surface area contributed by atoms with Crippen LogP contribution in [0.4, 0.5) is 9.18 Å². The number of carbonyl (C=O) groups excluding carboxylic acids is 1. The number of pyridine rings is 2. The summed E-state index contributed by atoms with van der Waals surface area (Å²) in [6.07, 6.45) is -4.29. The van der Waals surface area contributed by atoms with Gasteiger partial charge < -0.3 is 34.5 Å². The molecule has 0 saturated carbocycles. The van der Waals surface area contributed by atoms with Crippen molar-refractivity contribution in [3.05, 3.63) is 29.7 Å². The maximum Gasteiger partial charge on any atom is 0.408 e. The van der Waals surface area contributed by atoms with Crippen LogP contribution in [0.2, 0.25) is 0 Å². The average molecular weight is 439 g/mol. The van der Waals surface area contributed by atoms with E-state index in [0.29, 0.717) is 5.52 Å². The molecule has 2 atom stereocenters. The molecule has 1 saturated heterocycles. The van der Waals surface area contributed by atoms with Gasteiger partial charge >= 0.3 is 6.09 Å². The van der Waals surface area contributed by atoms with Crippen molar-refractivity contribution in [2.45, 2.75) is 50.9 Å². The minimum Gasteiger partial charge on any atom is -0.481 e. The first kappa shape index (κ1) is 23.1. The van der Waals surface area contributed by atoms with Crippen LogP contribution in [0.15, 0.2) is 18.3 Å². The predicted octanol–water partition coefficient (Wildman–Crippen LogP) is 1.44. The molecule has 31 heavy (non-hydrogen) atoms. The number of hydrogen-bond donors (Lipinski definition) is 3. The smallest absolute Gasteiger partial charge is 0.408 e. The highest BCUT2D eigenvalue weighted by molar-refractivity contribution is 5.79. The van der Waals surface area contributed by atoms with Crippen LogP contribution < -0.4 is 10.1 Å². The zero-order chi connectivity index (χ0) is 22.8. The van der Waals surface area contributed by atoms with Gasteiger partial charge in [-0.2, -0.15) is 0 Å². The van der Waals surface area contributed by atoms with E-state index < -0.39 is 42.1 Å². The maximum atomic E-state index is 14.5. The average Bonchev–Trinajstić information content (AvgIpc) is 2.71. The number of amides is 1. The zero-order valence-corrected chi connectivity index (χ0v) is 17.7. The summed E-state index contributed by atoms with van der Waals surface area (Å²) in [6.45, 7) is 5.21. The van der Waals surface area contributed by atoms with E-state index in [0.717, 1.165) is 6.20 Å². The number of alkyl carbamates (subject to hydrolysis) is 1. The zero-order valence-electron chi connectivity index (χ0n) is 17.7. The molecule has 3 rings (SSSR count). The molecule has 0 aromatic carbocycles. The minimum atomic E-state index is -1.72. The van der Waals surface area contributed by atoms with E-state index >= 15 is 0 Å². The molecule has 0 bridgehead atoms. The van der Waals surface area contributed by atoms with Crippen LogP contribution in [-0.2, 0) is 14.2 Å². The lowest BCUT2D eigenvalue weighted by atomic mass is 10.0. The Hall–Kier alpha value is -2.60. The molecule has 1 aliphatic rings. The monoisotopic (exact) mass is 439 g/mol. The van der Waals surface area contributed by atoms with Gasteiger partial charge in [0.2, 0.25) is 5.88 Å². The van der Waals surface area contributed by atoms with Crippen molar-refractivity contribution in [3.8, 4) is 5.88 Å². The van der Waals surface area contributed by atoms with Gasteiger partial charge in [0, 0.05) is 11.6 Å². The fourth-order valence-corrected chi connectivity index (χ4v) is 3.03. The summed E-state index contributed by atoms with van der Waals surface area (Å²) in [6, 6.07) is 2.59. The van der Waals surface area contributed by atoms with Crippen LogP contribution in [0.1, 0.15) is 32.4 Å². The Labute approximate surface area is 178 Å². The van der Waals surface area contributed by atoms with Gasteiger partial charge in [0.1, 0.15) is 29.1 Å². The molecule has 170 valence electrons. The van der Waals surface area contributed by atoms with Crippen molar-refractivity contribution >= 4 is 17.1 Å². The predicted molar refractivity (Wildman–Crippen MR) is 106 cm³/mol. The fraction of sp³-hybridized carbons (Fsp3) is 0.550. The molecular weight excluding hydrogens is 413 g/mol. The summed E-state index contributed by atoms with van der Waals surface area (Å²) in [4.78, 5) is 19.9. The molecule has 11 heteroatoms. The number of hydrogen-bond acceptors (Lipinski definition) is 9. The molecule has 1 amide bonds. The third-order valence-electron chi connectivity index (χ3n) is 4.43. The largest absolute Gasteiger partial charge is 0.481 e. The number of aromatic nitrogens is 2. The fourth-order valence-electron chi connectivity index (χ4n) is 3.03. The highest BCUT2D eigenvalue weighted by Crippen LogP contribution is 2.30. The van der Waals surface area contributed by atoms with Crippen molar-refractivity contribution in [2.75, 3.05) is 20.3 Å². The third kappa shape index (κ3) is 5.56. The first-order valence-corrected chi connectivity index (χ1v) is 9.67. The van der Waals surface area contributed by atoms with Gasteiger partial charge in [-0.05, 0) is 26.8 Å². The van der Waals surface area contributed by atoms with Gasteiger partial charge in [-0.15, -0.1) is 0 Å². The SMILES string of the molecule is COc1ccc2ncc(F)c([C@@H](O)[C@H](O)C3OCC(NC(=O)OC(C)(C)C)CO3)c2n1. The molecule has 0 unspecified atom stereocenters. The van der Waals surface area contributed by atoms with E-state index in [2.05, 4.69) is 15.3 Å². The molecule has 2 aromatic heterocycles. The Morgan fingerprint density at radius 1 is 1.29 bits per heavy atom. The normalized spacial score (nSPS) is 21.4. The van der Waals surface area contributed by atoms with Crippen molar-refractivity contribution in [2.24, 2.45) is 0 Å². The van der Waals surface area contributed by atoms with E-state index in [-0.39, 0.29) is 30.2 Å². The number of ether oxygens (including phenoxy) is 4. The van der Waals surface area contributed by atoms with Crippen molar-refractivity contribution in [1.82, 2.24) is 15.3 Å². The van der Waals surface area contributed by atoms with Gasteiger partial charge in [-0.3, -0.25) is 4.98 Å². The summed E-state index contributed by atoms with van der Waals surface area (Å²) >= 11 is 0. The Bertz CT molecular complexity index is 929. The molecule has 0 spiro atoms. The summed E-state index contributed by atoms with van der Waals surface area (Å²) < 4.78 is 35.6. The number of rotatable bonds is 5. The van der Waals surface area contributed by atoms with Gasteiger partial charge in [-0.1, -0.05) is 0 Å². The number of nitrogens with zero attached hydrogens (tertiary/aromatic N) is 2. The Balaban J connectivity index is 1.68. The number of aliphatic hydroxyl groups is 2. The highest BCUT2D eigenvalue weighted by atomic mass is 19.1. The lowest BCUT2D eigenvalue weighted by molar-refractivity contribution is -0.247. The van der Waals surface area contributed by atoms with Gasteiger partial charge in [0.25, 0.3) is 0 Å². The summed E-state index contributed by atoms with van der Waals surface area (Å²) in [7, 11) is 1.40. The molecule has 3 heterocycles. The molecule has 0 radical (unpaired) electrons. The molecule has 2 aromatic rings. The van der Waals surface area contributed by atoms with E-state index in [4.69, 9.17) is 18.9 Å². The topological polar surface area (TPSA) is 132 Å². The highest BCUT2D eigenvalue weighted by Gasteiger charge is 2.36. The van der Waals surface area contributed by atoms with Crippen molar-refractivity contribution in [3.63, 3.8) is 0 Å². The third-order valence-corrected chi connectivity index (χ3v) is 4.43. The molecular formula is C20H26FN3O7. The molecule has 0 aliphatic carbocycles. The van der Waals surface area contributed by atoms with E-state index in [1.54, 1.807) is 32.9 Å². The Kier molecular flexibility index (Phi) is 6.90. The van der Waals surface area contributed by atoms with Crippen LogP contribution in [0.5, 0.6) is 5.88 Å². The summed E-state index contributed by atoms with van der Waals surface area (Å²) in [5, 5.41) is 23.8. The van der Waals surface area contributed by atoms with Gasteiger partial charge in [-0.25, -0.2) is 14.2 Å². The maximum absolute atomic E-state index is 14.5. The van der Waals surface area contributed by atoms with Crippen LogP contribution in [-0.4, -0.2) is 70.6 Å². The van der Waals surface area contributed by atoms with Crippen LogP contribution in [0.3, 0.4) is 0 Å². The number of carbonyl (C=O) groups is 1. The Morgan fingerprint density at radius 2 is 1.97 bits per heavy atom. The quantitative estimate of drug-likeness (QED) is 0.633. The van der Waals surface area contributed by atoms with Gasteiger partial charge in [0.05, 0.1) is 38.1 Å². The number of nitrogens with one attached hydrogen (secondary N) is 1. The first-order chi connectivity index (χ1) is 14.6. The van der Waals surface area contributed by atoms with E-state index in [9.17, 15) is 19.4 Å². The van der Waals surface area contributed by atoms with Crippen molar-refractivity contribution in [1.29, 1.82) is 0 Å². The number of aliphatic hydroxyl groups excluding tert-OH is 2. The lowest BCUT2D eigenvalue weighted by Gasteiger charge is -2.34. The van der Waals surface area contributed by atoms with Gasteiger partial charge in [0.15, 0.2) is 6.29 Å². The molecule has 3 N–H and O–H groups in total. The van der Waals surface area contributed by atoms with Crippen LogP contribution in [0, 0.1) is 5.82 Å². The lowest BCUT2D eigenvalue weighted by Crippen LogP contribution is -2.51. The molecule has 1 aliphatic heterocycles.